The van der Waals surface area contributed by atoms with Gasteiger partial charge in [0.05, 0.1) is 17.2 Å². The molecule has 1 saturated heterocycles. The molecule has 0 bridgehead atoms. The average Bonchev–Trinajstić information content (AvgIpc) is 2.99. The van der Waals surface area contributed by atoms with Gasteiger partial charge < -0.3 is 4.90 Å². The van der Waals surface area contributed by atoms with Crippen LogP contribution in [0.1, 0.15) is 47.4 Å². The summed E-state index contributed by atoms with van der Waals surface area (Å²) in [5, 5.41) is 0. The van der Waals surface area contributed by atoms with Gasteiger partial charge in [0.25, 0.3) is 11.8 Å². The minimum absolute atomic E-state index is 0.101. The van der Waals surface area contributed by atoms with Gasteiger partial charge in [0.1, 0.15) is 0 Å². The molecule has 2 heterocycles. The van der Waals surface area contributed by atoms with Crippen molar-refractivity contribution in [2.45, 2.75) is 32.7 Å². The van der Waals surface area contributed by atoms with Crippen molar-refractivity contribution in [2.24, 2.45) is 11.8 Å². The Morgan fingerprint density at radius 1 is 1.16 bits per heavy atom. The summed E-state index contributed by atoms with van der Waals surface area (Å²) in [5.74, 6) is -0.183. The molecule has 1 fully saturated rings. The van der Waals surface area contributed by atoms with Gasteiger partial charge in [0, 0.05) is 19.0 Å². The average molecular weight is 340 g/mol. The second-order valence-corrected chi connectivity index (χ2v) is 7.26. The van der Waals surface area contributed by atoms with E-state index in [-0.39, 0.29) is 36.2 Å². The number of carbonyl (C=O) groups excluding carboxylic acids is 3. The first-order valence-electron chi connectivity index (χ1n) is 8.80. The van der Waals surface area contributed by atoms with Gasteiger partial charge in [-0.3, -0.25) is 19.3 Å². The minimum Gasteiger partial charge on any atom is -0.337 e. The third kappa shape index (κ3) is 3.11. The van der Waals surface area contributed by atoms with E-state index in [2.05, 4.69) is 20.4 Å². The van der Waals surface area contributed by atoms with Crippen molar-refractivity contribution in [3.63, 3.8) is 0 Å². The van der Waals surface area contributed by atoms with Crippen LogP contribution in [-0.4, -0.2) is 46.7 Å². The van der Waals surface area contributed by atoms with Gasteiger partial charge in [-0.2, -0.15) is 0 Å². The Hall–Kier alpha value is -2.43. The summed E-state index contributed by atoms with van der Waals surface area (Å²) >= 11 is 0. The summed E-state index contributed by atoms with van der Waals surface area (Å²) in [6.07, 6.45) is 3.05. The Morgan fingerprint density at radius 2 is 1.76 bits per heavy atom. The van der Waals surface area contributed by atoms with Gasteiger partial charge in [-0.1, -0.05) is 32.1 Å². The monoisotopic (exact) mass is 340 g/mol. The number of allylic oxidation sites excluding steroid dienone is 1. The predicted molar refractivity (Wildman–Crippen MR) is 95.1 cm³/mol. The molecule has 2 unspecified atom stereocenters. The van der Waals surface area contributed by atoms with E-state index < -0.39 is 0 Å². The Kier molecular flexibility index (Phi) is 4.75. The summed E-state index contributed by atoms with van der Waals surface area (Å²) < 4.78 is 0. The largest absolute Gasteiger partial charge is 0.337 e. The Balaban J connectivity index is 1.81. The normalized spacial score (nSPS) is 22.9. The van der Waals surface area contributed by atoms with Crippen molar-refractivity contribution in [1.82, 2.24) is 9.80 Å². The number of hydrogen-bond acceptors (Lipinski definition) is 3. The van der Waals surface area contributed by atoms with E-state index in [9.17, 15) is 14.4 Å². The third-order valence-corrected chi connectivity index (χ3v) is 4.91. The number of benzene rings is 1. The van der Waals surface area contributed by atoms with E-state index in [1.165, 1.54) is 4.90 Å². The fourth-order valence-electron chi connectivity index (χ4n) is 3.79. The molecule has 3 amide bonds. The molecule has 132 valence electrons. The van der Waals surface area contributed by atoms with E-state index in [0.29, 0.717) is 36.4 Å². The lowest BCUT2D eigenvalue weighted by Gasteiger charge is -2.29. The summed E-state index contributed by atoms with van der Waals surface area (Å²) in [6.45, 7) is 8.76. The Morgan fingerprint density at radius 3 is 2.28 bits per heavy atom. The third-order valence-electron chi connectivity index (χ3n) is 4.91. The number of nitrogens with zero attached hydrogens (tertiary/aromatic N) is 2. The van der Waals surface area contributed by atoms with Gasteiger partial charge in [-0.05, 0) is 30.9 Å². The smallest absolute Gasteiger partial charge is 0.261 e. The molecule has 1 aromatic rings. The highest BCUT2D eigenvalue weighted by Gasteiger charge is 2.43. The summed E-state index contributed by atoms with van der Waals surface area (Å²) in [5.41, 5.74) is 0.907. The molecule has 0 aliphatic carbocycles. The maximum atomic E-state index is 12.7. The molecule has 1 aromatic carbocycles. The molecule has 2 atom stereocenters. The molecule has 5 nitrogen and oxygen atoms in total. The van der Waals surface area contributed by atoms with Crippen LogP contribution in [0.5, 0.6) is 0 Å². The number of amides is 3. The van der Waals surface area contributed by atoms with Gasteiger partial charge in [0.15, 0.2) is 0 Å². The van der Waals surface area contributed by atoms with Crippen LogP contribution in [0.15, 0.2) is 36.9 Å². The zero-order valence-corrected chi connectivity index (χ0v) is 14.8. The number of imide groups is 1. The predicted octanol–water partition coefficient (Wildman–Crippen LogP) is 2.73. The highest BCUT2D eigenvalue weighted by Crippen LogP contribution is 2.31. The molecular formula is C20H24N2O3. The van der Waals surface area contributed by atoms with E-state index >= 15 is 0 Å². The van der Waals surface area contributed by atoms with Crippen LogP contribution in [0.3, 0.4) is 0 Å². The summed E-state index contributed by atoms with van der Waals surface area (Å²) in [7, 11) is 0. The fraction of sp³-hybridized carbons (Fsp3) is 0.450. The van der Waals surface area contributed by atoms with Crippen LogP contribution in [0.4, 0.5) is 0 Å². The van der Waals surface area contributed by atoms with Crippen LogP contribution in [0, 0.1) is 11.8 Å². The lowest BCUT2D eigenvalue weighted by molar-refractivity contribution is -0.132. The quantitative estimate of drug-likeness (QED) is 0.591. The van der Waals surface area contributed by atoms with Crippen molar-refractivity contribution in [3.8, 4) is 0 Å². The van der Waals surface area contributed by atoms with E-state index in [1.54, 1.807) is 30.3 Å². The van der Waals surface area contributed by atoms with Crippen molar-refractivity contribution in [2.75, 3.05) is 13.1 Å². The lowest BCUT2D eigenvalue weighted by Crippen LogP contribution is -2.45. The number of fused-ring (bicyclic) bond motifs is 1. The minimum atomic E-state index is -0.260. The summed E-state index contributed by atoms with van der Waals surface area (Å²) in [4.78, 5) is 41.0. The Labute approximate surface area is 148 Å². The van der Waals surface area contributed by atoms with Crippen LogP contribution < -0.4 is 0 Å². The molecule has 0 saturated carbocycles. The van der Waals surface area contributed by atoms with E-state index in [1.807, 2.05) is 4.90 Å². The maximum absolute atomic E-state index is 12.7. The first-order chi connectivity index (χ1) is 11.9. The van der Waals surface area contributed by atoms with Crippen molar-refractivity contribution >= 4 is 17.7 Å². The molecule has 0 N–H and O–H groups in total. The molecule has 25 heavy (non-hydrogen) atoms. The van der Waals surface area contributed by atoms with Crippen molar-refractivity contribution < 1.29 is 14.4 Å². The molecule has 0 aromatic heterocycles. The zero-order valence-electron chi connectivity index (χ0n) is 14.8. The number of carbonyl (C=O) groups is 3. The first kappa shape index (κ1) is 17.4. The molecule has 0 spiro atoms. The van der Waals surface area contributed by atoms with Crippen LogP contribution in [0.2, 0.25) is 0 Å². The Bertz CT molecular complexity index is 690. The van der Waals surface area contributed by atoms with Gasteiger partial charge in [0.2, 0.25) is 5.91 Å². The molecule has 3 rings (SSSR count). The second-order valence-electron chi connectivity index (χ2n) is 7.26. The van der Waals surface area contributed by atoms with Gasteiger partial charge >= 0.3 is 0 Å². The molecule has 0 radical (unpaired) electrons. The lowest BCUT2D eigenvalue weighted by atomic mass is 10.0. The summed E-state index contributed by atoms with van der Waals surface area (Å²) in [6, 6.07) is 6.76. The number of hydrogen-bond donors (Lipinski definition) is 0. The second kappa shape index (κ2) is 6.82. The molecule has 2 aliphatic rings. The van der Waals surface area contributed by atoms with Crippen molar-refractivity contribution in [1.29, 1.82) is 0 Å². The van der Waals surface area contributed by atoms with Crippen LogP contribution in [0.25, 0.3) is 0 Å². The highest BCUT2D eigenvalue weighted by atomic mass is 16.2. The van der Waals surface area contributed by atoms with Crippen molar-refractivity contribution in [3.05, 3.63) is 48.0 Å². The maximum Gasteiger partial charge on any atom is 0.261 e. The van der Waals surface area contributed by atoms with Gasteiger partial charge in [-0.15, -0.1) is 6.58 Å². The fourth-order valence-corrected chi connectivity index (χ4v) is 3.79. The van der Waals surface area contributed by atoms with Crippen LogP contribution >= 0.6 is 0 Å². The van der Waals surface area contributed by atoms with Gasteiger partial charge in [-0.25, -0.2) is 0 Å². The zero-order chi connectivity index (χ0) is 18.1. The van der Waals surface area contributed by atoms with E-state index in [0.717, 1.165) is 0 Å². The number of likely N-dealkylation sites (tertiary alicyclic amines) is 1. The van der Waals surface area contributed by atoms with Crippen LogP contribution in [-0.2, 0) is 4.79 Å². The topological polar surface area (TPSA) is 57.7 Å². The standard InChI is InChI=1S/C20H24N2O3/c1-4-7-14-10-15(21(18(14)23)11-13(2)3)12-22-19(24)16-8-5-6-9-17(16)20(22)25/h4-6,8-9,13-15H,1,7,10-12H2,2-3H3. The molecular weight excluding hydrogens is 316 g/mol. The molecule has 5 heteroatoms. The number of rotatable bonds is 6. The highest BCUT2D eigenvalue weighted by molar-refractivity contribution is 6.21. The van der Waals surface area contributed by atoms with E-state index in [4.69, 9.17) is 0 Å². The first-order valence-corrected chi connectivity index (χ1v) is 8.80. The SMILES string of the molecule is C=CCC1CC(CN2C(=O)c3ccccc3C2=O)N(CC(C)C)C1=O. The molecule has 2 aliphatic heterocycles.